The Bertz CT molecular complexity index is 805. The molecule has 1 aromatic rings. The number of benzene rings is 1. The van der Waals surface area contributed by atoms with Gasteiger partial charge in [0.15, 0.2) is 27.9 Å². The van der Waals surface area contributed by atoms with Gasteiger partial charge in [0.2, 0.25) is 0 Å². The van der Waals surface area contributed by atoms with E-state index in [0.29, 0.717) is 37.7 Å². The van der Waals surface area contributed by atoms with E-state index in [9.17, 15) is 18.0 Å². The van der Waals surface area contributed by atoms with Crippen molar-refractivity contribution in [2.45, 2.75) is 19.4 Å². The number of likely N-dealkylation sites (N-methyl/N-ethyl adjacent to an activating group) is 1. The minimum Gasteiger partial charge on any atom is -0.486 e. The molecule has 2 heterocycles. The molecule has 0 spiro atoms. The molecule has 1 saturated heterocycles. The summed E-state index contributed by atoms with van der Waals surface area (Å²) in [6, 6.07) is 4.32. The minimum atomic E-state index is -3.09. The van der Waals surface area contributed by atoms with Gasteiger partial charge < -0.3 is 19.1 Å². The molecule has 0 aliphatic carbocycles. The monoisotopic (exact) mass is 383 g/mol. The van der Waals surface area contributed by atoms with Crippen molar-refractivity contribution in [3.05, 3.63) is 23.8 Å². The molecule has 1 aromatic carbocycles. The van der Waals surface area contributed by atoms with Crippen LogP contribution < -0.4 is 9.47 Å². The van der Waals surface area contributed by atoms with E-state index in [1.165, 1.54) is 11.0 Å². The summed E-state index contributed by atoms with van der Waals surface area (Å²) >= 11 is 0. The van der Waals surface area contributed by atoms with Gasteiger partial charge in [0.25, 0.3) is 5.91 Å². The summed E-state index contributed by atoms with van der Waals surface area (Å²) in [4.78, 5) is 26.0. The van der Waals surface area contributed by atoms with Gasteiger partial charge >= 0.3 is 5.97 Å². The van der Waals surface area contributed by atoms with Crippen molar-refractivity contribution in [2.75, 3.05) is 37.9 Å². The molecular formula is C17H21NO7S. The van der Waals surface area contributed by atoms with Gasteiger partial charge in [0.05, 0.1) is 17.1 Å². The van der Waals surface area contributed by atoms with E-state index in [-0.39, 0.29) is 23.1 Å². The number of rotatable bonds is 5. The summed E-state index contributed by atoms with van der Waals surface area (Å²) in [5, 5.41) is 0. The maximum absolute atomic E-state index is 12.3. The van der Waals surface area contributed by atoms with E-state index in [1.54, 1.807) is 19.1 Å². The van der Waals surface area contributed by atoms with Crippen LogP contribution in [0.1, 0.15) is 23.7 Å². The van der Waals surface area contributed by atoms with E-state index < -0.39 is 28.3 Å². The highest BCUT2D eigenvalue weighted by atomic mass is 32.2. The number of hydrogen-bond acceptors (Lipinski definition) is 7. The summed E-state index contributed by atoms with van der Waals surface area (Å²) in [7, 11) is -3.09. The third-order valence-corrected chi connectivity index (χ3v) is 6.17. The van der Waals surface area contributed by atoms with Crippen LogP contribution in [0.15, 0.2) is 18.2 Å². The fraction of sp³-hybridized carbons (Fsp3) is 0.529. The molecule has 1 atom stereocenters. The summed E-state index contributed by atoms with van der Waals surface area (Å²) < 4.78 is 39.1. The molecule has 0 saturated carbocycles. The van der Waals surface area contributed by atoms with Gasteiger partial charge in [0, 0.05) is 12.6 Å². The number of esters is 1. The molecular weight excluding hydrogens is 362 g/mol. The molecule has 9 heteroatoms. The Morgan fingerprint density at radius 1 is 1.23 bits per heavy atom. The maximum Gasteiger partial charge on any atom is 0.338 e. The van der Waals surface area contributed by atoms with Crippen LogP contribution >= 0.6 is 0 Å². The smallest absolute Gasteiger partial charge is 0.338 e. The fourth-order valence-electron chi connectivity index (χ4n) is 3.12. The highest BCUT2D eigenvalue weighted by Crippen LogP contribution is 2.30. The van der Waals surface area contributed by atoms with Gasteiger partial charge in [-0.2, -0.15) is 0 Å². The predicted octanol–water partition coefficient (Wildman–Crippen LogP) is 0.650. The molecule has 2 aliphatic rings. The number of hydrogen-bond donors (Lipinski definition) is 0. The summed E-state index contributed by atoms with van der Waals surface area (Å²) in [6.07, 6.45) is 0.415. The molecule has 0 unspecified atom stereocenters. The molecule has 1 fully saturated rings. The van der Waals surface area contributed by atoms with Gasteiger partial charge in [-0.15, -0.1) is 0 Å². The quantitative estimate of drug-likeness (QED) is 0.688. The Labute approximate surface area is 151 Å². The number of carbonyl (C=O) groups is 2. The third-order valence-electron chi connectivity index (χ3n) is 4.41. The zero-order valence-corrected chi connectivity index (χ0v) is 15.3. The number of sulfone groups is 1. The van der Waals surface area contributed by atoms with Crippen molar-refractivity contribution in [1.82, 2.24) is 4.90 Å². The Balaban J connectivity index is 1.59. The van der Waals surface area contributed by atoms with Crippen molar-refractivity contribution < 1.29 is 32.2 Å². The first-order valence-corrected chi connectivity index (χ1v) is 10.3. The second kappa shape index (κ2) is 7.53. The zero-order valence-electron chi connectivity index (χ0n) is 14.5. The van der Waals surface area contributed by atoms with Gasteiger partial charge in [-0.25, -0.2) is 13.2 Å². The van der Waals surface area contributed by atoms with Gasteiger partial charge in [0.1, 0.15) is 13.2 Å². The van der Waals surface area contributed by atoms with Crippen molar-refractivity contribution in [3.63, 3.8) is 0 Å². The number of carbonyl (C=O) groups excluding carboxylic acids is 2. The van der Waals surface area contributed by atoms with E-state index in [1.807, 2.05) is 0 Å². The van der Waals surface area contributed by atoms with Crippen LogP contribution in [0, 0.1) is 0 Å². The van der Waals surface area contributed by atoms with Crippen LogP contribution in [0.25, 0.3) is 0 Å². The second-order valence-electron chi connectivity index (χ2n) is 6.17. The van der Waals surface area contributed by atoms with Crippen LogP contribution in [0.5, 0.6) is 11.5 Å². The van der Waals surface area contributed by atoms with Crippen molar-refractivity contribution >= 4 is 21.7 Å². The van der Waals surface area contributed by atoms with Gasteiger partial charge in [-0.3, -0.25) is 4.79 Å². The normalized spacial score (nSPS) is 20.4. The molecule has 26 heavy (non-hydrogen) atoms. The molecule has 0 radical (unpaired) electrons. The van der Waals surface area contributed by atoms with Gasteiger partial charge in [-0.05, 0) is 31.5 Å². The Hall–Kier alpha value is -2.29. The Morgan fingerprint density at radius 3 is 2.62 bits per heavy atom. The lowest BCUT2D eigenvalue weighted by atomic mass is 10.2. The van der Waals surface area contributed by atoms with Crippen molar-refractivity contribution in [3.8, 4) is 11.5 Å². The van der Waals surface area contributed by atoms with Gasteiger partial charge in [-0.1, -0.05) is 0 Å². The number of amides is 1. The number of ether oxygens (including phenoxy) is 3. The lowest BCUT2D eigenvalue weighted by Gasteiger charge is -2.26. The van der Waals surface area contributed by atoms with E-state index >= 15 is 0 Å². The largest absolute Gasteiger partial charge is 0.486 e. The standard InChI is InChI=1S/C17H21NO7S/c1-2-18(13-5-8-26(21,22)11-13)16(19)10-25-17(20)12-3-4-14-15(9-12)24-7-6-23-14/h3-4,9,13H,2,5-8,10-11H2,1H3/t13-/m1/s1. The van der Waals surface area contributed by atoms with E-state index in [4.69, 9.17) is 14.2 Å². The Kier molecular flexibility index (Phi) is 5.36. The van der Waals surface area contributed by atoms with E-state index in [2.05, 4.69) is 0 Å². The van der Waals surface area contributed by atoms with E-state index in [0.717, 1.165) is 0 Å². The molecule has 2 aliphatic heterocycles. The van der Waals surface area contributed by atoms with Crippen LogP contribution in [0.2, 0.25) is 0 Å². The predicted molar refractivity (Wildman–Crippen MR) is 92.2 cm³/mol. The van der Waals surface area contributed by atoms with Crippen LogP contribution in [-0.4, -0.2) is 69.1 Å². The summed E-state index contributed by atoms with van der Waals surface area (Å²) in [6.45, 7) is 2.55. The fourth-order valence-corrected chi connectivity index (χ4v) is 4.85. The lowest BCUT2D eigenvalue weighted by Crippen LogP contribution is -2.43. The first kappa shape index (κ1) is 18.5. The third kappa shape index (κ3) is 4.09. The second-order valence-corrected chi connectivity index (χ2v) is 8.40. The highest BCUT2D eigenvalue weighted by Gasteiger charge is 2.34. The Morgan fingerprint density at radius 2 is 1.96 bits per heavy atom. The zero-order chi connectivity index (χ0) is 18.7. The maximum atomic E-state index is 12.3. The molecule has 3 rings (SSSR count). The molecule has 8 nitrogen and oxygen atoms in total. The molecule has 142 valence electrons. The molecule has 0 N–H and O–H groups in total. The highest BCUT2D eigenvalue weighted by molar-refractivity contribution is 7.91. The minimum absolute atomic E-state index is 0.0390. The van der Waals surface area contributed by atoms with Crippen LogP contribution in [0.4, 0.5) is 0 Å². The SMILES string of the molecule is CCN(C(=O)COC(=O)c1ccc2c(c1)OCCO2)[C@@H]1CCS(=O)(=O)C1. The first-order chi connectivity index (χ1) is 12.4. The lowest BCUT2D eigenvalue weighted by molar-refractivity contribution is -0.136. The molecule has 1 amide bonds. The average Bonchev–Trinajstić information content (AvgIpc) is 2.99. The van der Waals surface area contributed by atoms with Crippen LogP contribution in [0.3, 0.4) is 0 Å². The van der Waals surface area contributed by atoms with Crippen molar-refractivity contribution in [1.29, 1.82) is 0 Å². The molecule has 0 bridgehead atoms. The van der Waals surface area contributed by atoms with Crippen molar-refractivity contribution in [2.24, 2.45) is 0 Å². The number of nitrogens with zero attached hydrogens (tertiary/aromatic N) is 1. The topological polar surface area (TPSA) is 99.2 Å². The summed E-state index contributed by atoms with van der Waals surface area (Å²) in [5.74, 6) is 0.0129. The first-order valence-electron chi connectivity index (χ1n) is 8.46. The molecule has 0 aromatic heterocycles. The average molecular weight is 383 g/mol. The number of fused-ring (bicyclic) bond motifs is 1. The summed E-state index contributed by atoms with van der Waals surface area (Å²) in [5.41, 5.74) is 0.258. The van der Waals surface area contributed by atoms with Crippen LogP contribution in [-0.2, 0) is 19.4 Å².